The van der Waals surface area contributed by atoms with Crippen LogP contribution in [-0.4, -0.2) is 58.7 Å². The van der Waals surface area contributed by atoms with Crippen LogP contribution in [0.4, 0.5) is 11.6 Å². The standard InChI is InChI=1S/C30H37N7O4S/c1-4-5-14-41-28(40)30(16-24(30)36-26(38)23-12-8-15-42-23)37-27(39)25-18(2)34-29(35-19(25)3)33-13-7-10-20-9-6-11-22(32)21(20)17-31/h6,8-9,11-12,15,17,24,31H,4-5,7,10,13-14,16,32H2,1-3H3,(H,36,38)(H,37,39)(H,33,34,35)/p+1. The number of hydrogen-bond donors (Lipinski definition) is 5. The van der Waals surface area contributed by atoms with Crippen molar-refractivity contribution in [2.24, 2.45) is 0 Å². The molecule has 1 fully saturated rings. The van der Waals surface area contributed by atoms with E-state index in [1.54, 1.807) is 31.4 Å². The van der Waals surface area contributed by atoms with E-state index in [1.807, 2.05) is 25.1 Å². The number of rotatable bonds is 14. The Kier molecular flexibility index (Phi) is 9.89. The van der Waals surface area contributed by atoms with Gasteiger partial charge in [-0.1, -0.05) is 31.5 Å². The summed E-state index contributed by atoms with van der Waals surface area (Å²) in [4.78, 5) is 48.8. The summed E-state index contributed by atoms with van der Waals surface area (Å²) in [5.41, 5.74) is 8.41. The summed E-state index contributed by atoms with van der Waals surface area (Å²) in [5.74, 6) is -0.956. The molecule has 2 heterocycles. The van der Waals surface area contributed by atoms with Crippen molar-refractivity contribution in [2.45, 2.75) is 64.5 Å². The van der Waals surface area contributed by atoms with Gasteiger partial charge in [0, 0.05) is 18.7 Å². The van der Waals surface area contributed by atoms with Gasteiger partial charge in [-0.25, -0.2) is 14.8 Å². The van der Waals surface area contributed by atoms with Gasteiger partial charge in [0.2, 0.25) is 5.95 Å². The summed E-state index contributed by atoms with van der Waals surface area (Å²) < 4.78 is 5.48. The van der Waals surface area contributed by atoms with Crippen molar-refractivity contribution in [3.8, 4) is 0 Å². The molecule has 3 aromatic rings. The van der Waals surface area contributed by atoms with Crippen molar-refractivity contribution in [1.82, 2.24) is 20.6 Å². The quantitative estimate of drug-likeness (QED) is 0.0817. The van der Waals surface area contributed by atoms with Crippen LogP contribution in [0.25, 0.3) is 0 Å². The van der Waals surface area contributed by atoms with Crippen LogP contribution in [0, 0.1) is 13.8 Å². The summed E-state index contributed by atoms with van der Waals surface area (Å²) in [6.07, 6.45) is 4.86. The van der Waals surface area contributed by atoms with Gasteiger partial charge in [-0.2, -0.15) is 0 Å². The number of amides is 2. The molecule has 0 spiro atoms. The zero-order valence-electron chi connectivity index (χ0n) is 24.2. The molecule has 42 heavy (non-hydrogen) atoms. The Morgan fingerprint density at radius 3 is 2.57 bits per heavy atom. The third kappa shape index (κ3) is 6.93. The Morgan fingerprint density at radius 1 is 1.14 bits per heavy atom. The number of aryl methyl sites for hydroxylation is 3. The van der Waals surface area contributed by atoms with E-state index in [1.165, 1.54) is 17.6 Å². The second-order valence-corrected chi connectivity index (χ2v) is 11.3. The van der Waals surface area contributed by atoms with Crippen LogP contribution in [-0.2, 0) is 16.0 Å². The van der Waals surface area contributed by atoms with Crippen molar-refractivity contribution in [3.63, 3.8) is 0 Å². The van der Waals surface area contributed by atoms with Gasteiger partial charge < -0.3 is 26.4 Å². The minimum absolute atomic E-state index is 0.232. The zero-order valence-corrected chi connectivity index (χ0v) is 25.0. The van der Waals surface area contributed by atoms with Gasteiger partial charge in [0.15, 0.2) is 11.8 Å². The number of thiophene rings is 1. The number of carbonyl (C=O) groups is 3. The van der Waals surface area contributed by atoms with Crippen molar-refractivity contribution in [1.29, 1.82) is 0 Å². The number of nitrogens with zero attached hydrogens (tertiary/aromatic N) is 2. The molecular formula is C30H38N7O4S+. The fraction of sp³-hybridized carbons (Fsp3) is 0.400. The first kappa shape index (κ1) is 30.6. The van der Waals surface area contributed by atoms with E-state index in [2.05, 4.69) is 25.9 Å². The van der Waals surface area contributed by atoms with Gasteiger partial charge >= 0.3 is 5.97 Å². The average Bonchev–Trinajstić information content (AvgIpc) is 3.35. The normalized spacial score (nSPS) is 17.3. The van der Waals surface area contributed by atoms with E-state index in [9.17, 15) is 14.4 Å². The Morgan fingerprint density at radius 2 is 1.90 bits per heavy atom. The van der Waals surface area contributed by atoms with Gasteiger partial charge in [-0.05, 0) is 56.2 Å². The number of hydrogen-bond acceptors (Lipinski definition) is 9. The number of esters is 1. The molecule has 11 nitrogen and oxygen atoms in total. The van der Waals surface area contributed by atoms with Crippen molar-refractivity contribution in [3.05, 3.63) is 68.7 Å². The second kappa shape index (κ2) is 13.6. The van der Waals surface area contributed by atoms with E-state index >= 15 is 0 Å². The minimum atomic E-state index is -1.35. The predicted molar refractivity (Wildman–Crippen MR) is 163 cm³/mol. The van der Waals surface area contributed by atoms with Crippen molar-refractivity contribution >= 4 is 47.0 Å². The summed E-state index contributed by atoms with van der Waals surface area (Å²) >= 11 is 1.30. The lowest BCUT2D eigenvalue weighted by Crippen LogP contribution is -2.50. The van der Waals surface area contributed by atoms with Gasteiger partial charge in [-0.15, -0.1) is 11.3 Å². The molecule has 7 N–H and O–H groups in total. The fourth-order valence-corrected chi connectivity index (χ4v) is 5.48. The maximum Gasteiger partial charge on any atom is 0.334 e. The molecule has 0 saturated heterocycles. The topological polar surface area (TPSA) is 174 Å². The molecule has 2 atom stereocenters. The number of nitrogens with two attached hydrogens (primary N) is 2. The van der Waals surface area contributed by atoms with Gasteiger partial charge in [0.25, 0.3) is 11.8 Å². The number of anilines is 2. The molecule has 0 radical (unpaired) electrons. The summed E-state index contributed by atoms with van der Waals surface area (Å²) in [6, 6.07) is 8.61. The first-order valence-electron chi connectivity index (χ1n) is 14.1. The Labute approximate surface area is 249 Å². The fourth-order valence-electron chi connectivity index (χ4n) is 4.85. The third-order valence-electron chi connectivity index (χ3n) is 7.24. The smallest absolute Gasteiger partial charge is 0.334 e. The van der Waals surface area contributed by atoms with E-state index in [-0.39, 0.29) is 24.5 Å². The molecule has 2 amide bonds. The zero-order chi connectivity index (χ0) is 30.3. The predicted octanol–water partition coefficient (Wildman–Crippen LogP) is 1.97. The lowest BCUT2D eigenvalue weighted by Gasteiger charge is -2.20. The molecule has 2 aromatic heterocycles. The van der Waals surface area contributed by atoms with Crippen molar-refractivity contribution in [2.75, 3.05) is 24.2 Å². The Hall–Kier alpha value is -4.32. The minimum Gasteiger partial charge on any atom is -0.464 e. The Balaban J connectivity index is 1.41. The monoisotopic (exact) mass is 592 g/mol. The first-order chi connectivity index (χ1) is 20.2. The van der Waals surface area contributed by atoms with Crippen LogP contribution in [0.1, 0.15) is 75.2 Å². The van der Waals surface area contributed by atoms with E-state index < -0.39 is 23.5 Å². The SMILES string of the molecule is CCCCOC(=O)C1(NC(=O)c2c(C)nc(NCCCc3cccc(N)c3C=[NH2+])nc2C)CC1NC(=O)c1cccs1. The molecule has 0 bridgehead atoms. The summed E-state index contributed by atoms with van der Waals surface area (Å²) in [7, 11) is 0. The van der Waals surface area contributed by atoms with Gasteiger partial charge in [0.05, 0.1) is 40.0 Å². The van der Waals surface area contributed by atoms with Crippen LogP contribution in [0.2, 0.25) is 0 Å². The lowest BCUT2D eigenvalue weighted by atomic mass is 10.0. The lowest BCUT2D eigenvalue weighted by molar-refractivity contribution is -0.147. The molecule has 222 valence electrons. The van der Waals surface area contributed by atoms with E-state index in [4.69, 9.17) is 15.9 Å². The molecule has 1 aromatic carbocycles. The second-order valence-electron chi connectivity index (χ2n) is 10.3. The Bertz CT molecular complexity index is 1440. The highest BCUT2D eigenvalue weighted by Crippen LogP contribution is 2.38. The largest absolute Gasteiger partial charge is 0.464 e. The number of aromatic nitrogens is 2. The molecule has 12 heteroatoms. The van der Waals surface area contributed by atoms with E-state index in [0.29, 0.717) is 40.9 Å². The summed E-state index contributed by atoms with van der Waals surface area (Å²) in [5, 5.41) is 16.5. The molecular weight excluding hydrogens is 554 g/mol. The highest BCUT2D eigenvalue weighted by molar-refractivity contribution is 7.12. The van der Waals surface area contributed by atoms with Gasteiger partial charge in [-0.3, -0.25) is 15.0 Å². The highest BCUT2D eigenvalue weighted by atomic mass is 32.1. The van der Waals surface area contributed by atoms with Crippen molar-refractivity contribution < 1.29 is 24.5 Å². The number of ether oxygens (including phenoxy) is 1. The molecule has 1 aliphatic rings. The number of benzene rings is 1. The number of nitrogens with one attached hydrogen (secondary N) is 3. The van der Waals surface area contributed by atoms with Gasteiger partial charge in [0.1, 0.15) is 0 Å². The average molecular weight is 593 g/mol. The maximum atomic E-state index is 13.5. The highest BCUT2D eigenvalue weighted by Gasteiger charge is 2.63. The molecule has 4 rings (SSSR count). The molecule has 1 saturated carbocycles. The molecule has 0 aliphatic heterocycles. The molecule has 1 aliphatic carbocycles. The number of nitrogen functional groups attached to an aromatic ring is 1. The third-order valence-corrected chi connectivity index (χ3v) is 8.11. The maximum absolute atomic E-state index is 13.5. The molecule has 2 unspecified atom stereocenters. The van der Waals surface area contributed by atoms with Crippen LogP contribution in [0.5, 0.6) is 0 Å². The van der Waals surface area contributed by atoms with Crippen LogP contribution in [0.15, 0.2) is 35.7 Å². The van der Waals surface area contributed by atoms with Crippen LogP contribution < -0.4 is 27.1 Å². The number of unbranched alkanes of at least 4 members (excludes halogenated alkanes) is 1. The first-order valence-corrected chi connectivity index (χ1v) is 14.9. The van der Waals surface area contributed by atoms with Crippen LogP contribution >= 0.6 is 11.3 Å². The van der Waals surface area contributed by atoms with Crippen LogP contribution in [0.3, 0.4) is 0 Å². The summed E-state index contributed by atoms with van der Waals surface area (Å²) in [6.45, 7) is 6.28. The van der Waals surface area contributed by atoms with E-state index in [0.717, 1.165) is 30.4 Å². The number of carbonyl (C=O) groups excluding carboxylic acids is 3.